The lowest BCUT2D eigenvalue weighted by Gasteiger charge is -2.19. The maximum absolute atomic E-state index is 13.5. The van der Waals surface area contributed by atoms with Crippen molar-refractivity contribution in [1.82, 2.24) is 19.5 Å². The highest BCUT2D eigenvalue weighted by molar-refractivity contribution is 7.90. The summed E-state index contributed by atoms with van der Waals surface area (Å²) in [7, 11) is -3.34. The van der Waals surface area contributed by atoms with Gasteiger partial charge in [0.1, 0.15) is 5.60 Å². The summed E-state index contributed by atoms with van der Waals surface area (Å²) in [6.07, 6.45) is -0.333. The number of aromatic nitrogens is 3. The van der Waals surface area contributed by atoms with Gasteiger partial charge in [0.05, 0.1) is 11.4 Å². The van der Waals surface area contributed by atoms with Gasteiger partial charge >= 0.3 is 11.8 Å². The molecule has 182 valence electrons. The number of alkyl carbamates (subject to hydrolysis) is 1. The van der Waals surface area contributed by atoms with E-state index in [-0.39, 0.29) is 10.5 Å². The predicted molar refractivity (Wildman–Crippen MR) is 121 cm³/mol. The van der Waals surface area contributed by atoms with E-state index in [9.17, 15) is 26.8 Å². The lowest BCUT2D eigenvalue weighted by molar-refractivity contribution is 0.0531. The van der Waals surface area contributed by atoms with Crippen molar-refractivity contribution in [3.63, 3.8) is 0 Å². The van der Waals surface area contributed by atoms with Gasteiger partial charge in [-0.1, -0.05) is 12.1 Å². The Balaban J connectivity index is 1.83. The summed E-state index contributed by atoms with van der Waals surface area (Å²) in [5, 5.41) is 6.37. The van der Waals surface area contributed by atoms with Gasteiger partial charge in [-0.2, -0.15) is 8.78 Å². The number of rotatable bonds is 6. The number of hydrogen-bond acceptors (Lipinski definition) is 6. The lowest BCUT2D eigenvalue weighted by atomic mass is 10.1. The molecule has 1 aromatic carbocycles. The maximum atomic E-state index is 13.5. The Morgan fingerprint density at radius 2 is 1.76 bits per heavy atom. The van der Waals surface area contributed by atoms with Crippen LogP contribution in [-0.4, -0.2) is 47.1 Å². The van der Waals surface area contributed by atoms with E-state index in [4.69, 9.17) is 4.74 Å². The molecule has 0 radical (unpaired) electrons. The SMILES string of the molecule is CC(C)(C)OC(=O)NCC(Cn1nc2cc(-c3ccc(S(C)(=O)=O)cc3)ccn2c1=O)=C(F)F. The lowest BCUT2D eigenvalue weighted by Crippen LogP contribution is -2.34. The maximum Gasteiger partial charge on any atom is 0.407 e. The zero-order valence-corrected chi connectivity index (χ0v) is 19.8. The van der Waals surface area contributed by atoms with Gasteiger partial charge in [-0.05, 0) is 56.2 Å². The van der Waals surface area contributed by atoms with E-state index in [0.717, 1.165) is 10.9 Å². The standard InChI is InChI=1S/C22H24F2N4O5S/c1-22(2,3)33-20(29)25-12-16(19(23)24)13-28-21(30)27-10-9-15(11-18(27)26-28)14-5-7-17(8-6-14)34(4,31)32/h5-11H,12-13H2,1-4H3,(H,25,29). The molecule has 0 spiro atoms. The van der Waals surface area contributed by atoms with Gasteiger partial charge in [0.2, 0.25) is 0 Å². The summed E-state index contributed by atoms with van der Waals surface area (Å²) in [6, 6.07) is 9.41. The number of benzene rings is 1. The first-order valence-corrected chi connectivity index (χ1v) is 12.0. The Morgan fingerprint density at radius 3 is 2.32 bits per heavy atom. The molecule has 1 amide bonds. The van der Waals surface area contributed by atoms with Crippen LogP contribution >= 0.6 is 0 Å². The summed E-state index contributed by atoms with van der Waals surface area (Å²) < 4.78 is 57.3. The van der Waals surface area contributed by atoms with Crippen molar-refractivity contribution in [2.24, 2.45) is 0 Å². The van der Waals surface area contributed by atoms with E-state index in [1.54, 1.807) is 45.0 Å². The van der Waals surface area contributed by atoms with Gasteiger partial charge in [0.15, 0.2) is 15.5 Å². The number of ether oxygens (including phenoxy) is 1. The normalized spacial score (nSPS) is 11.9. The van der Waals surface area contributed by atoms with Crippen LogP contribution in [0, 0.1) is 0 Å². The summed E-state index contributed by atoms with van der Waals surface area (Å²) in [5.74, 6) is 0. The molecule has 0 saturated heterocycles. The van der Waals surface area contributed by atoms with Crippen molar-refractivity contribution < 1.29 is 26.7 Å². The Bertz CT molecular complexity index is 1410. The fraction of sp³-hybridized carbons (Fsp3) is 0.318. The molecule has 3 aromatic rings. The molecule has 0 aliphatic rings. The molecule has 2 aromatic heterocycles. The van der Waals surface area contributed by atoms with Crippen molar-refractivity contribution in [3.05, 3.63) is 64.7 Å². The molecule has 0 atom stereocenters. The molecule has 0 bridgehead atoms. The molecule has 3 rings (SSSR count). The third-order valence-corrected chi connectivity index (χ3v) is 5.78. The van der Waals surface area contributed by atoms with Crippen LogP contribution in [0.4, 0.5) is 13.6 Å². The number of carbonyl (C=O) groups excluding carboxylic acids is 1. The van der Waals surface area contributed by atoms with Crippen molar-refractivity contribution in [2.45, 2.75) is 37.8 Å². The molecule has 12 heteroatoms. The van der Waals surface area contributed by atoms with Crippen molar-refractivity contribution in [3.8, 4) is 11.1 Å². The summed E-state index contributed by atoms with van der Waals surface area (Å²) in [5.41, 5.74) is -0.354. The van der Waals surface area contributed by atoms with Gasteiger partial charge in [-0.15, -0.1) is 5.10 Å². The number of nitrogens with one attached hydrogen (secondary N) is 1. The highest BCUT2D eigenvalue weighted by atomic mass is 32.2. The number of fused-ring (bicyclic) bond motifs is 1. The highest BCUT2D eigenvalue weighted by Crippen LogP contribution is 2.22. The molecular weight excluding hydrogens is 470 g/mol. The van der Waals surface area contributed by atoms with Crippen LogP contribution in [-0.2, 0) is 21.1 Å². The van der Waals surface area contributed by atoms with Crippen molar-refractivity contribution >= 4 is 21.6 Å². The topological polar surface area (TPSA) is 112 Å². The molecule has 0 aliphatic carbocycles. The third kappa shape index (κ3) is 6.07. The molecule has 1 N–H and O–H groups in total. The first-order chi connectivity index (χ1) is 15.7. The van der Waals surface area contributed by atoms with Crippen LogP contribution in [0.15, 0.2) is 63.9 Å². The van der Waals surface area contributed by atoms with Crippen LogP contribution in [0.2, 0.25) is 0 Å². The van der Waals surface area contributed by atoms with Gasteiger partial charge < -0.3 is 10.1 Å². The minimum Gasteiger partial charge on any atom is -0.444 e. The Labute approximate surface area is 194 Å². The second-order valence-corrected chi connectivity index (χ2v) is 10.6. The molecule has 34 heavy (non-hydrogen) atoms. The molecular formula is C22H24F2N4O5S. The number of hydrogen-bond donors (Lipinski definition) is 1. The zero-order chi connectivity index (χ0) is 25.3. The van der Waals surface area contributed by atoms with Crippen LogP contribution in [0.5, 0.6) is 0 Å². The van der Waals surface area contributed by atoms with E-state index in [1.807, 2.05) is 0 Å². The zero-order valence-electron chi connectivity index (χ0n) is 19.0. The van der Waals surface area contributed by atoms with Crippen LogP contribution < -0.4 is 11.0 Å². The predicted octanol–water partition coefficient (Wildman–Crippen LogP) is 3.24. The number of amides is 1. The third-order valence-electron chi connectivity index (χ3n) is 4.65. The Morgan fingerprint density at radius 1 is 1.12 bits per heavy atom. The van der Waals surface area contributed by atoms with Gasteiger partial charge in [0, 0.05) is 24.6 Å². The number of sulfone groups is 1. The molecule has 0 saturated carbocycles. The van der Waals surface area contributed by atoms with Crippen molar-refractivity contribution in [2.75, 3.05) is 12.8 Å². The van der Waals surface area contributed by atoms with Crippen LogP contribution in [0.1, 0.15) is 20.8 Å². The number of pyridine rings is 1. The Kier molecular flexibility index (Phi) is 6.92. The number of carbonyl (C=O) groups is 1. The second-order valence-electron chi connectivity index (χ2n) is 8.60. The molecule has 0 fully saturated rings. The van der Waals surface area contributed by atoms with E-state index < -0.39 is 52.0 Å². The molecule has 2 heterocycles. The van der Waals surface area contributed by atoms with Gasteiger partial charge in [0.25, 0.3) is 6.08 Å². The number of nitrogens with zero attached hydrogens (tertiary/aromatic N) is 3. The van der Waals surface area contributed by atoms with Gasteiger partial charge in [-0.25, -0.2) is 22.7 Å². The van der Waals surface area contributed by atoms with Gasteiger partial charge in [-0.3, -0.25) is 4.40 Å². The first kappa shape index (κ1) is 25.1. The minimum absolute atomic E-state index is 0.172. The minimum atomic E-state index is -3.34. The first-order valence-electron chi connectivity index (χ1n) is 10.1. The van der Waals surface area contributed by atoms with E-state index in [0.29, 0.717) is 11.1 Å². The van der Waals surface area contributed by atoms with E-state index in [1.165, 1.54) is 22.7 Å². The smallest absolute Gasteiger partial charge is 0.407 e. The van der Waals surface area contributed by atoms with E-state index >= 15 is 0 Å². The average molecular weight is 495 g/mol. The molecule has 0 unspecified atom stereocenters. The Hall–Kier alpha value is -3.54. The molecule has 9 nitrogen and oxygen atoms in total. The highest BCUT2D eigenvalue weighted by Gasteiger charge is 2.18. The summed E-state index contributed by atoms with van der Waals surface area (Å²) in [6.45, 7) is 3.88. The van der Waals surface area contributed by atoms with Crippen LogP contribution in [0.25, 0.3) is 16.8 Å². The number of halogens is 2. The molecule has 0 aliphatic heterocycles. The van der Waals surface area contributed by atoms with E-state index in [2.05, 4.69) is 10.4 Å². The largest absolute Gasteiger partial charge is 0.444 e. The summed E-state index contributed by atoms with van der Waals surface area (Å²) >= 11 is 0. The average Bonchev–Trinajstić information content (AvgIpc) is 3.03. The summed E-state index contributed by atoms with van der Waals surface area (Å²) in [4.78, 5) is 24.6. The van der Waals surface area contributed by atoms with Crippen LogP contribution in [0.3, 0.4) is 0 Å². The second kappa shape index (κ2) is 9.37. The quantitative estimate of drug-likeness (QED) is 0.563. The fourth-order valence-corrected chi connectivity index (χ4v) is 3.68. The fourth-order valence-electron chi connectivity index (χ4n) is 3.05. The monoisotopic (exact) mass is 494 g/mol. The van der Waals surface area contributed by atoms with Crippen molar-refractivity contribution in [1.29, 1.82) is 0 Å².